The van der Waals surface area contributed by atoms with E-state index in [4.69, 9.17) is 0 Å². The van der Waals surface area contributed by atoms with Crippen molar-refractivity contribution in [2.45, 2.75) is 0 Å². The van der Waals surface area contributed by atoms with Crippen LogP contribution < -0.4 is 5.32 Å². The van der Waals surface area contributed by atoms with E-state index in [1.54, 1.807) is 12.1 Å². The van der Waals surface area contributed by atoms with E-state index in [2.05, 4.69) is 5.32 Å². The third-order valence-corrected chi connectivity index (χ3v) is 3.32. The molecule has 2 nitrogen and oxygen atoms in total. The molecule has 2 fully saturated rings. The number of carbonyl (C=O) groups excluding carboxylic acids is 1. The van der Waals surface area contributed by atoms with Gasteiger partial charge < -0.3 is 5.32 Å². The number of benzene rings is 1. The summed E-state index contributed by atoms with van der Waals surface area (Å²) in [5, 5.41) is 2.71. The number of carbonyl (C=O) groups is 1. The SMILES string of the molecule is O=C1Nc2ccc(F)cc2/C1=C\[C]1[CH][CH][CH][CH]1.[CH]1[CH][CH][CH][CH]1.[Fe+2]. The Kier molecular flexibility index (Phi) is 6.86. The van der Waals surface area contributed by atoms with Gasteiger partial charge in [0, 0.05) is 22.7 Å². The first-order valence-corrected chi connectivity index (χ1v) is 6.95. The topological polar surface area (TPSA) is 29.1 Å². The van der Waals surface area contributed by atoms with Gasteiger partial charge >= 0.3 is 17.1 Å². The number of allylic oxidation sites excluding steroid dienone is 1. The Hall–Kier alpha value is -1.12. The first kappa shape index (κ1) is 18.2. The second-order valence-electron chi connectivity index (χ2n) is 4.88. The van der Waals surface area contributed by atoms with Crippen LogP contribution in [0, 0.1) is 69.5 Å². The largest absolute Gasteiger partial charge is 2.00 e. The van der Waals surface area contributed by atoms with Crippen molar-refractivity contribution in [3.63, 3.8) is 0 Å². The Morgan fingerprint density at radius 3 is 2.13 bits per heavy atom. The molecule has 0 bridgehead atoms. The fraction of sp³-hybridized carbons (Fsp3) is 0. The van der Waals surface area contributed by atoms with Crippen molar-refractivity contribution in [1.82, 2.24) is 0 Å². The summed E-state index contributed by atoms with van der Waals surface area (Å²) in [6.45, 7) is 0. The molecule has 0 saturated heterocycles. The molecule has 0 unspecified atom stereocenters. The zero-order valence-electron chi connectivity index (χ0n) is 12.1. The van der Waals surface area contributed by atoms with Gasteiger partial charge in [0.25, 0.3) is 5.91 Å². The number of halogens is 1. The quantitative estimate of drug-likeness (QED) is 0.611. The van der Waals surface area contributed by atoms with E-state index < -0.39 is 0 Å². The molecule has 10 radical (unpaired) electrons. The van der Waals surface area contributed by atoms with Crippen LogP contribution >= 0.6 is 0 Å². The Bertz CT molecular complexity index is 567. The predicted molar refractivity (Wildman–Crippen MR) is 84.9 cm³/mol. The number of hydrogen-bond donors (Lipinski definition) is 1. The molecule has 1 N–H and O–H groups in total. The second-order valence-corrected chi connectivity index (χ2v) is 4.88. The third kappa shape index (κ3) is 4.68. The smallest absolute Gasteiger partial charge is 0.321 e. The molecule has 0 atom stereocenters. The minimum absolute atomic E-state index is 0. The minimum Gasteiger partial charge on any atom is -0.321 e. The molecule has 2 aliphatic carbocycles. The van der Waals surface area contributed by atoms with Gasteiger partial charge in [0.15, 0.2) is 0 Å². The Morgan fingerprint density at radius 1 is 0.913 bits per heavy atom. The van der Waals surface area contributed by atoms with Crippen LogP contribution in [-0.2, 0) is 21.9 Å². The van der Waals surface area contributed by atoms with E-state index in [-0.39, 0.29) is 28.8 Å². The van der Waals surface area contributed by atoms with Gasteiger partial charge in [-0.2, -0.15) is 0 Å². The summed E-state index contributed by atoms with van der Waals surface area (Å²) < 4.78 is 13.2. The van der Waals surface area contributed by atoms with Crippen LogP contribution in [0.5, 0.6) is 0 Å². The van der Waals surface area contributed by atoms with Crippen molar-refractivity contribution in [3.8, 4) is 0 Å². The van der Waals surface area contributed by atoms with E-state index in [9.17, 15) is 9.18 Å². The van der Waals surface area contributed by atoms with Gasteiger partial charge in [0.05, 0.1) is 0 Å². The van der Waals surface area contributed by atoms with Gasteiger partial charge in [0.1, 0.15) is 5.82 Å². The molecule has 1 amide bonds. The summed E-state index contributed by atoms with van der Waals surface area (Å²) in [7, 11) is 0. The molecule has 2 saturated carbocycles. The van der Waals surface area contributed by atoms with Gasteiger partial charge in [-0.15, -0.1) is 0 Å². The molecule has 4 heteroatoms. The monoisotopic (exact) mass is 347 g/mol. The van der Waals surface area contributed by atoms with Gasteiger partial charge in [-0.05, 0) is 76.0 Å². The van der Waals surface area contributed by atoms with Crippen molar-refractivity contribution in [1.29, 1.82) is 0 Å². The molecule has 1 aliphatic heterocycles. The van der Waals surface area contributed by atoms with Crippen LogP contribution in [0.25, 0.3) is 5.57 Å². The van der Waals surface area contributed by atoms with Crippen molar-refractivity contribution in [3.05, 3.63) is 99.4 Å². The van der Waals surface area contributed by atoms with E-state index in [1.807, 2.05) is 57.8 Å². The number of fused-ring (bicyclic) bond motifs is 1. The number of nitrogens with one attached hydrogen (secondary N) is 1. The van der Waals surface area contributed by atoms with Crippen LogP contribution in [0.3, 0.4) is 0 Å². The summed E-state index contributed by atoms with van der Waals surface area (Å²) in [4.78, 5) is 11.8. The first-order valence-electron chi connectivity index (χ1n) is 6.95. The minimum atomic E-state index is -0.339. The summed E-state index contributed by atoms with van der Waals surface area (Å²) in [5.41, 5.74) is 1.79. The molecule has 0 spiro atoms. The van der Waals surface area contributed by atoms with E-state index in [0.717, 1.165) is 5.92 Å². The average molecular weight is 347 g/mol. The number of anilines is 1. The van der Waals surface area contributed by atoms with E-state index in [0.29, 0.717) is 16.8 Å². The maximum atomic E-state index is 13.2. The molecule has 3 aliphatic rings. The zero-order valence-corrected chi connectivity index (χ0v) is 13.2. The van der Waals surface area contributed by atoms with Crippen LogP contribution in [0.15, 0.2) is 24.3 Å². The van der Waals surface area contributed by atoms with E-state index >= 15 is 0 Å². The Morgan fingerprint density at radius 2 is 1.52 bits per heavy atom. The third-order valence-electron chi connectivity index (χ3n) is 3.32. The molecule has 114 valence electrons. The second kappa shape index (κ2) is 8.65. The van der Waals surface area contributed by atoms with Gasteiger partial charge in [0.2, 0.25) is 0 Å². The number of rotatable bonds is 1. The predicted octanol–water partition coefficient (Wildman–Crippen LogP) is 3.59. The van der Waals surface area contributed by atoms with Crippen molar-refractivity contribution >= 4 is 17.2 Å². The molecule has 0 aromatic heterocycles. The van der Waals surface area contributed by atoms with Crippen molar-refractivity contribution in [2.75, 3.05) is 5.32 Å². The van der Waals surface area contributed by atoms with Gasteiger partial charge in [-0.25, -0.2) is 4.39 Å². The average Bonchev–Trinajstić information content (AvgIpc) is 3.25. The molecule has 4 rings (SSSR count). The molecule has 1 heterocycles. The number of hydrogen-bond acceptors (Lipinski definition) is 1. The van der Waals surface area contributed by atoms with Crippen molar-refractivity contribution < 1.29 is 26.3 Å². The molecular weight excluding hydrogens is 333 g/mol. The Labute approximate surface area is 148 Å². The molecular formula is C19H14FFeNO+2. The Balaban J connectivity index is 0.000000276. The zero-order chi connectivity index (χ0) is 15.4. The van der Waals surface area contributed by atoms with Crippen LogP contribution in [0.1, 0.15) is 5.56 Å². The summed E-state index contributed by atoms with van der Waals surface area (Å²) in [6, 6.07) is 4.29. The van der Waals surface area contributed by atoms with Crippen LogP contribution in [0.4, 0.5) is 10.1 Å². The van der Waals surface area contributed by atoms with Gasteiger partial charge in [-0.3, -0.25) is 4.79 Å². The fourth-order valence-electron chi connectivity index (χ4n) is 2.28. The van der Waals surface area contributed by atoms with Crippen molar-refractivity contribution in [2.24, 2.45) is 0 Å². The summed E-state index contributed by atoms with van der Waals surface area (Å²) >= 11 is 0. The summed E-state index contributed by atoms with van der Waals surface area (Å²) in [5.74, 6) is 0.410. The molecule has 23 heavy (non-hydrogen) atoms. The molecule has 1 aromatic rings. The first-order chi connectivity index (χ1) is 10.7. The number of amides is 1. The molecule has 1 aromatic carbocycles. The maximum absolute atomic E-state index is 13.2. The normalized spacial score (nSPS) is 21.4. The van der Waals surface area contributed by atoms with E-state index in [1.165, 1.54) is 12.1 Å². The van der Waals surface area contributed by atoms with Crippen LogP contribution in [0.2, 0.25) is 0 Å². The van der Waals surface area contributed by atoms with Crippen LogP contribution in [-0.4, -0.2) is 5.91 Å². The van der Waals surface area contributed by atoms with Gasteiger partial charge in [-0.1, -0.05) is 6.08 Å². The summed E-state index contributed by atoms with van der Waals surface area (Å²) in [6.07, 6.45) is 19.4. The fourth-order valence-corrected chi connectivity index (χ4v) is 2.28. The maximum Gasteiger partial charge on any atom is 2.00 e. The standard InChI is InChI=1S/C14H9FNO.C5H5.Fe/c15-10-5-6-13-11(8-10)12(14(17)16-13)7-9-3-1-2-4-9;1-2-4-5-3-1;/h1-8H,(H,16,17);1-5H;/q;;+2/b12-7+;;.